The zero-order chi connectivity index (χ0) is 14.6. The molecule has 0 saturated carbocycles. The Morgan fingerprint density at radius 2 is 1.68 bits per heavy atom. The van der Waals surface area contributed by atoms with E-state index < -0.39 is 29.8 Å². The van der Waals surface area contributed by atoms with Gasteiger partial charge in [0.15, 0.2) is 0 Å². The molecule has 1 amide bonds. The maximum absolute atomic E-state index is 12.3. The van der Waals surface area contributed by atoms with Gasteiger partial charge in [-0.2, -0.15) is 13.2 Å². The zero-order valence-electron chi connectivity index (χ0n) is 9.44. The normalized spacial score (nSPS) is 12.8. The molecular weight excluding hydrogens is 267 g/mol. The molecule has 1 atom stereocenters. The summed E-state index contributed by atoms with van der Waals surface area (Å²) < 4.78 is 36.9. The fourth-order valence-corrected chi connectivity index (χ4v) is 1.41. The van der Waals surface area contributed by atoms with E-state index in [1.54, 1.807) is 5.32 Å². The molecule has 0 radical (unpaired) electrons. The monoisotopic (exact) mass is 277 g/mol. The predicted molar refractivity (Wildman–Crippen MR) is 57.7 cm³/mol. The van der Waals surface area contributed by atoms with E-state index in [0.717, 1.165) is 24.3 Å². The number of carbonyl (C=O) groups is 2. The second-order valence-electron chi connectivity index (χ2n) is 3.74. The number of halogens is 3. The third kappa shape index (κ3) is 4.49. The highest BCUT2D eigenvalue weighted by Crippen LogP contribution is 2.29. The van der Waals surface area contributed by atoms with Crippen molar-refractivity contribution in [2.75, 3.05) is 0 Å². The van der Waals surface area contributed by atoms with Crippen LogP contribution in [0.2, 0.25) is 0 Å². The lowest BCUT2D eigenvalue weighted by atomic mass is 10.0. The number of carboxylic acid groups (broad SMARTS) is 2. The van der Waals surface area contributed by atoms with Gasteiger partial charge < -0.3 is 15.5 Å². The van der Waals surface area contributed by atoms with Crippen LogP contribution in [0.3, 0.4) is 0 Å². The largest absolute Gasteiger partial charge is 0.480 e. The number of nitrogens with one attached hydrogen (secondary N) is 1. The van der Waals surface area contributed by atoms with Crippen molar-refractivity contribution in [3.05, 3.63) is 35.4 Å². The van der Waals surface area contributed by atoms with E-state index in [1.807, 2.05) is 0 Å². The fraction of sp³-hybridized carbons (Fsp3) is 0.273. The molecule has 8 heteroatoms. The van der Waals surface area contributed by atoms with Gasteiger partial charge in [0.1, 0.15) is 6.04 Å². The maximum atomic E-state index is 12.3. The number of carboxylic acids is 1. The molecule has 3 N–H and O–H groups in total. The lowest BCUT2D eigenvalue weighted by Gasteiger charge is -2.13. The minimum Gasteiger partial charge on any atom is -0.480 e. The summed E-state index contributed by atoms with van der Waals surface area (Å²) in [4.78, 5) is 21.1. The Hall–Kier alpha value is -2.25. The maximum Gasteiger partial charge on any atom is 0.416 e. The summed E-state index contributed by atoms with van der Waals surface area (Å²) in [5.41, 5.74) is -0.566. The first-order valence-electron chi connectivity index (χ1n) is 5.08. The highest BCUT2D eigenvalue weighted by Gasteiger charge is 2.30. The van der Waals surface area contributed by atoms with Crippen LogP contribution < -0.4 is 5.32 Å². The van der Waals surface area contributed by atoms with E-state index in [9.17, 15) is 22.8 Å². The van der Waals surface area contributed by atoms with Gasteiger partial charge in [0.25, 0.3) is 0 Å². The van der Waals surface area contributed by atoms with Gasteiger partial charge >= 0.3 is 18.2 Å². The van der Waals surface area contributed by atoms with E-state index in [-0.39, 0.29) is 12.0 Å². The van der Waals surface area contributed by atoms with Crippen molar-refractivity contribution in [3.63, 3.8) is 0 Å². The molecule has 0 fully saturated rings. The van der Waals surface area contributed by atoms with Gasteiger partial charge in [0.05, 0.1) is 5.56 Å². The highest BCUT2D eigenvalue weighted by atomic mass is 19.4. The smallest absolute Gasteiger partial charge is 0.416 e. The summed E-state index contributed by atoms with van der Waals surface area (Å²) in [6, 6.07) is 2.45. The fourth-order valence-electron chi connectivity index (χ4n) is 1.41. The standard InChI is InChI=1S/C11H10F3NO4/c12-11(13,14)7-3-1-6(2-4-7)5-8(9(16)17)15-10(18)19/h1-4,8,15H,5H2,(H,16,17)(H,18,19). The average molecular weight is 277 g/mol. The lowest BCUT2D eigenvalue weighted by Crippen LogP contribution is -2.41. The molecule has 0 aliphatic heterocycles. The van der Waals surface area contributed by atoms with Gasteiger partial charge in [-0.05, 0) is 17.7 Å². The average Bonchev–Trinajstić information content (AvgIpc) is 2.27. The Labute approximate surface area is 105 Å². The second-order valence-corrected chi connectivity index (χ2v) is 3.74. The second kappa shape index (κ2) is 5.59. The van der Waals surface area contributed by atoms with Crippen LogP contribution in [0.1, 0.15) is 11.1 Å². The van der Waals surface area contributed by atoms with Gasteiger partial charge in [-0.15, -0.1) is 0 Å². The van der Waals surface area contributed by atoms with Crippen LogP contribution in [0, 0.1) is 0 Å². The van der Waals surface area contributed by atoms with Gasteiger partial charge in [0, 0.05) is 6.42 Å². The number of hydrogen-bond donors (Lipinski definition) is 3. The van der Waals surface area contributed by atoms with Crippen LogP contribution in [-0.2, 0) is 17.4 Å². The molecule has 0 aliphatic carbocycles. The molecule has 0 spiro atoms. The van der Waals surface area contributed by atoms with Crippen LogP contribution >= 0.6 is 0 Å². The SMILES string of the molecule is O=C(O)NC(Cc1ccc(C(F)(F)F)cc1)C(=O)O. The highest BCUT2D eigenvalue weighted by molar-refractivity contribution is 5.79. The van der Waals surface area contributed by atoms with Gasteiger partial charge in [-0.3, -0.25) is 0 Å². The van der Waals surface area contributed by atoms with Crippen LogP contribution in [-0.4, -0.2) is 28.3 Å². The van der Waals surface area contributed by atoms with E-state index in [0.29, 0.717) is 0 Å². The molecule has 0 saturated heterocycles. The minimum absolute atomic E-state index is 0.236. The summed E-state index contributed by atoms with van der Waals surface area (Å²) >= 11 is 0. The molecule has 1 unspecified atom stereocenters. The Balaban J connectivity index is 2.81. The summed E-state index contributed by atoms with van der Waals surface area (Å²) in [5.74, 6) is -1.40. The van der Waals surface area contributed by atoms with Crippen molar-refractivity contribution in [3.8, 4) is 0 Å². The topological polar surface area (TPSA) is 86.6 Å². The van der Waals surface area contributed by atoms with Crippen LogP contribution in [0.5, 0.6) is 0 Å². The summed E-state index contributed by atoms with van der Waals surface area (Å²) in [6.07, 6.45) is -6.22. The third-order valence-electron chi connectivity index (χ3n) is 2.32. The summed E-state index contributed by atoms with van der Waals surface area (Å²) in [7, 11) is 0. The number of hydrogen-bond acceptors (Lipinski definition) is 2. The van der Waals surface area contributed by atoms with Gasteiger partial charge in [-0.1, -0.05) is 12.1 Å². The summed E-state index contributed by atoms with van der Waals surface area (Å²) in [6.45, 7) is 0. The van der Waals surface area contributed by atoms with Crippen molar-refractivity contribution >= 4 is 12.1 Å². The number of amides is 1. The Bertz CT molecular complexity index is 470. The van der Waals surface area contributed by atoms with Crippen LogP contribution in [0.25, 0.3) is 0 Å². The molecule has 0 aromatic heterocycles. The van der Waals surface area contributed by atoms with Crippen molar-refractivity contribution in [2.45, 2.75) is 18.6 Å². The first-order valence-corrected chi connectivity index (χ1v) is 5.08. The Morgan fingerprint density at radius 3 is 2.05 bits per heavy atom. The molecule has 1 aromatic rings. The Kier molecular flexibility index (Phi) is 4.36. The molecule has 19 heavy (non-hydrogen) atoms. The molecule has 0 heterocycles. The number of benzene rings is 1. The number of rotatable bonds is 4. The van der Waals surface area contributed by atoms with Crippen LogP contribution in [0.15, 0.2) is 24.3 Å². The molecule has 0 aliphatic rings. The van der Waals surface area contributed by atoms with E-state index in [4.69, 9.17) is 10.2 Å². The molecule has 1 aromatic carbocycles. The molecule has 5 nitrogen and oxygen atoms in total. The minimum atomic E-state index is -4.47. The van der Waals surface area contributed by atoms with E-state index in [1.165, 1.54) is 0 Å². The van der Waals surface area contributed by atoms with Crippen molar-refractivity contribution in [1.29, 1.82) is 0 Å². The Morgan fingerprint density at radius 1 is 1.16 bits per heavy atom. The lowest BCUT2D eigenvalue weighted by molar-refractivity contribution is -0.139. The van der Waals surface area contributed by atoms with Gasteiger partial charge in [0.2, 0.25) is 0 Å². The number of aliphatic carboxylic acids is 1. The molecule has 104 valence electrons. The van der Waals surface area contributed by atoms with Gasteiger partial charge in [-0.25, -0.2) is 9.59 Å². The quantitative estimate of drug-likeness (QED) is 0.785. The third-order valence-corrected chi connectivity index (χ3v) is 2.32. The predicted octanol–water partition coefficient (Wildman–Crippen LogP) is 1.97. The van der Waals surface area contributed by atoms with Crippen molar-refractivity contribution in [2.24, 2.45) is 0 Å². The molecule has 0 bridgehead atoms. The van der Waals surface area contributed by atoms with Crippen LogP contribution in [0.4, 0.5) is 18.0 Å². The van der Waals surface area contributed by atoms with Crippen molar-refractivity contribution in [1.82, 2.24) is 5.32 Å². The first-order chi connectivity index (χ1) is 8.70. The van der Waals surface area contributed by atoms with E-state index in [2.05, 4.69) is 0 Å². The number of alkyl halides is 3. The molecule has 1 rings (SSSR count). The zero-order valence-corrected chi connectivity index (χ0v) is 9.44. The van der Waals surface area contributed by atoms with E-state index >= 15 is 0 Å². The first kappa shape index (κ1) is 14.8. The van der Waals surface area contributed by atoms with Crippen molar-refractivity contribution < 1.29 is 33.0 Å². The summed E-state index contributed by atoms with van der Waals surface area (Å²) in [5, 5.41) is 19.0. The molecular formula is C11H10F3NO4.